The highest BCUT2D eigenvalue weighted by molar-refractivity contribution is 5.91. The van der Waals surface area contributed by atoms with Gasteiger partial charge in [-0.1, -0.05) is 18.2 Å². The van der Waals surface area contributed by atoms with Gasteiger partial charge in [-0.3, -0.25) is 4.57 Å². The number of para-hydroxylation sites is 1. The molecule has 0 aliphatic carbocycles. The van der Waals surface area contributed by atoms with E-state index in [9.17, 15) is 4.79 Å². The van der Waals surface area contributed by atoms with Crippen molar-refractivity contribution in [1.82, 2.24) is 14.5 Å². The molecule has 1 aromatic carbocycles. The van der Waals surface area contributed by atoms with Gasteiger partial charge in [0.15, 0.2) is 0 Å². The number of pyridine rings is 1. The van der Waals surface area contributed by atoms with Crippen molar-refractivity contribution >= 4 is 22.6 Å². The Bertz CT molecular complexity index is 828. The van der Waals surface area contributed by atoms with Gasteiger partial charge in [0, 0.05) is 24.8 Å². The summed E-state index contributed by atoms with van der Waals surface area (Å²) in [6.45, 7) is 0.754. The molecule has 2 N–H and O–H groups in total. The molecular formula is C17H18N4O2. The predicted molar refractivity (Wildman–Crippen MR) is 89.5 cm³/mol. The molecule has 0 radical (unpaired) electrons. The number of aromatic nitrogens is 2. The second kappa shape index (κ2) is 6.39. The summed E-state index contributed by atoms with van der Waals surface area (Å²) in [6.07, 6.45) is 3.40. The molecule has 0 aliphatic heterocycles. The third-order valence-corrected chi connectivity index (χ3v) is 3.60. The van der Waals surface area contributed by atoms with Crippen LogP contribution in [0.5, 0.6) is 5.88 Å². The molecule has 0 atom stereocenters. The smallest absolute Gasteiger partial charge is 0.328 e. The maximum Gasteiger partial charge on any atom is 0.328 e. The fourth-order valence-electron chi connectivity index (χ4n) is 2.33. The van der Waals surface area contributed by atoms with Crippen LogP contribution in [0.15, 0.2) is 54.9 Å². The van der Waals surface area contributed by atoms with Crippen LogP contribution in [0.3, 0.4) is 0 Å². The molecule has 3 aromatic rings. The average molecular weight is 310 g/mol. The molecule has 6 nitrogen and oxygen atoms in total. The van der Waals surface area contributed by atoms with Crippen LogP contribution < -0.4 is 10.5 Å². The lowest BCUT2D eigenvalue weighted by molar-refractivity contribution is 0.196. The van der Waals surface area contributed by atoms with E-state index in [1.807, 2.05) is 30.3 Å². The number of nitrogens with two attached hydrogens (primary N) is 1. The quantitative estimate of drug-likeness (QED) is 0.804. The van der Waals surface area contributed by atoms with Crippen LogP contribution >= 0.6 is 0 Å². The van der Waals surface area contributed by atoms with Gasteiger partial charge >= 0.3 is 6.03 Å². The number of likely N-dealkylation sites (N-methyl/N-ethyl adjacent to an activating group) is 1. The first-order valence-electron chi connectivity index (χ1n) is 7.31. The summed E-state index contributed by atoms with van der Waals surface area (Å²) in [5.74, 6) is 0.389. The minimum Gasteiger partial charge on any atom is -0.474 e. The fourth-order valence-corrected chi connectivity index (χ4v) is 2.33. The molecule has 0 saturated heterocycles. The second-order valence-corrected chi connectivity index (χ2v) is 5.19. The second-order valence-electron chi connectivity index (χ2n) is 5.19. The van der Waals surface area contributed by atoms with Gasteiger partial charge in [-0.05, 0) is 24.3 Å². The largest absolute Gasteiger partial charge is 0.474 e. The maximum atomic E-state index is 12.5. The van der Waals surface area contributed by atoms with E-state index in [4.69, 9.17) is 10.5 Å². The van der Waals surface area contributed by atoms with Gasteiger partial charge in [0.1, 0.15) is 6.61 Å². The minimum atomic E-state index is -0.108. The third-order valence-electron chi connectivity index (χ3n) is 3.60. The van der Waals surface area contributed by atoms with Gasteiger partial charge in [0.2, 0.25) is 5.88 Å². The molecule has 1 amide bonds. The number of rotatable bonds is 4. The zero-order valence-corrected chi connectivity index (χ0v) is 12.8. The summed E-state index contributed by atoms with van der Waals surface area (Å²) in [7, 11) is 1.74. The van der Waals surface area contributed by atoms with Crippen LogP contribution in [0.2, 0.25) is 0 Å². The summed E-state index contributed by atoms with van der Waals surface area (Å²) < 4.78 is 7.15. The molecule has 0 spiro atoms. The summed E-state index contributed by atoms with van der Waals surface area (Å²) in [5, 5.41) is 1.03. The van der Waals surface area contributed by atoms with Gasteiger partial charge in [0.05, 0.1) is 17.7 Å². The van der Waals surface area contributed by atoms with Gasteiger partial charge < -0.3 is 15.4 Å². The van der Waals surface area contributed by atoms with Crippen molar-refractivity contribution in [2.75, 3.05) is 25.9 Å². The number of hydrogen-bond donors (Lipinski definition) is 1. The first-order chi connectivity index (χ1) is 11.2. The van der Waals surface area contributed by atoms with Gasteiger partial charge in [-0.2, -0.15) is 0 Å². The van der Waals surface area contributed by atoms with E-state index >= 15 is 0 Å². The van der Waals surface area contributed by atoms with E-state index in [-0.39, 0.29) is 6.03 Å². The molecule has 23 heavy (non-hydrogen) atoms. The van der Waals surface area contributed by atoms with E-state index in [0.29, 0.717) is 24.7 Å². The molecule has 0 saturated carbocycles. The Morgan fingerprint density at radius 3 is 2.91 bits per heavy atom. The molecule has 3 rings (SSSR count). The van der Waals surface area contributed by atoms with Crippen LogP contribution in [-0.2, 0) is 0 Å². The van der Waals surface area contributed by atoms with Crippen molar-refractivity contribution in [3.05, 3.63) is 54.9 Å². The topological polar surface area (TPSA) is 73.4 Å². The van der Waals surface area contributed by atoms with Crippen molar-refractivity contribution < 1.29 is 9.53 Å². The van der Waals surface area contributed by atoms with Crippen LogP contribution in [0, 0.1) is 0 Å². The fraction of sp³-hybridized carbons (Fsp3) is 0.176. The molecule has 2 heterocycles. The predicted octanol–water partition coefficient (Wildman–Crippen LogP) is 2.60. The highest BCUT2D eigenvalue weighted by atomic mass is 16.5. The van der Waals surface area contributed by atoms with Gasteiger partial charge in [-0.15, -0.1) is 0 Å². The van der Waals surface area contributed by atoms with E-state index in [0.717, 1.165) is 10.9 Å². The summed E-state index contributed by atoms with van der Waals surface area (Å²) in [4.78, 5) is 18.2. The lowest BCUT2D eigenvalue weighted by Gasteiger charge is -2.18. The number of hydrogen-bond acceptors (Lipinski definition) is 4. The van der Waals surface area contributed by atoms with Crippen molar-refractivity contribution in [1.29, 1.82) is 0 Å². The van der Waals surface area contributed by atoms with Crippen LogP contribution in [0.25, 0.3) is 10.9 Å². The lowest BCUT2D eigenvalue weighted by atomic mass is 10.2. The molecule has 6 heteroatoms. The zero-order valence-electron chi connectivity index (χ0n) is 12.8. The van der Waals surface area contributed by atoms with E-state index in [1.165, 1.54) is 0 Å². The highest BCUT2D eigenvalue weighted by Crippen LogP contribution is 2.17. The number of ether oxygens (including phenoxy) is 1. The van der Waals surface area contributed by atoms with Crippen LogP contribution in [-0.4, -0.2) is 40.7 Å². The number of fused-ring (bicyclic) bond motifs is 1. The Kier molecular flexibility index (Phi) is 4.14. The number of amides is 1. The standard InChI is InChI=1S/C17H18N4O2/c1-20(11-12-23-16-14(18)6-4-9-19-16)17(22)21-10-8-13-5-2-3-7-15(13)21/h2-10H,11-12,18H2,1H3. The molecule has 0 unspecified atom stereocenters. The van der Waals surface area contributed by atoms with Crippen molar-refractivity contribution in [3.8, 4) is 5.88 Å². The Morgan fingerprint density at radius 2 is 2.09 bits per heavy atom. The van der Waals surface area contributed by atoms with E-state index in [2.05, 4.69) is 4.98 Å². The van der Waals surface area contributed by atoms with Crippen LogP contribution in [0.4, 0.5) is 10.5 Å². The summed E-state index contributed by atoms with van der Waals surface area (Å²) >= 11 is 0. The normalized spacial score (nSPS) is 10.7. The van der Waals surface area contributed by atoms with Gasteiger partial charge in [0.25, 0.3) is 0 Å². The average Bonchev–Trinajstić information content (AvgIpc) is 3.00. The van der Waals surface area contributed by atoms with E-state index < -0.39 is 0 Å². The monoisotopic (exact) mass is 310 g/mol. The third kappa shape index (κ3) is 3.11. The highest BCUT2D eigenvalue weighted by Gasteiger charge is 2.13. The Hall–Kier alpha value is -3.02. The molecular weight excluding hydrogens is 292 g/mol. The van der Waals surface area contributed by atoms with Crippen molar-refractivity contribution in [3.63, 3.8) is 0 Å². The zero-order chi connectivity index (χ0) is 16.2. The van der Waals surface area contributed by atoms with Crippen molar-refractivity contribution in [2.45, 2.75) is 0 Å². The van der Waals surface area contributed by atoms with Crippen molar-refractivity contribution in [2.24, 2.45) is 0 Å². The maximum absolute atomic E-state index is 12.5. The number of nitrogen functional groups attached to an aromatic ring is 1. The minimum absolute atomic E-state index is 0.108. The summed E-state index contributed by atoms with van der Waals surface area (Å²) in [5.41, 5.74) is 7.14. The Morgan fingerprint density at radius 1 is 1.26 bits per heavy atom. The number of nitrogens with zero attached hydrogens (tertiary/aromatic N) is 3. The number of carbonyl (C=O) groups is 1. The lowest BCUT2D eigenvalue weighted by Crippen LogP contribution is -2.34. The molecule has 0 aliphatic rings. The summed E-state index contributed by atoms with van der Waals surface area (Å²) in [6, 6.07) is 13.1. The first-order valence-corrected chi connectivity index (χ1v) is 7.31. The number of carbonyl (C=O) groups excluding carboxylic acids is 1. The molecule has 2 aromatic heterocycles. The molecule has 0 bridgehead atoms. The number of benzene rings is 1. The van der Waals surface area contributed by atoms with E-state index in [1.54, 1.807) is 41.0 Å². The Labute approximate surface area is 134 Å². The Balaban J connectivity index is 1.63. The van der Waals surface area contributed by atoms with Crippen LogP contribution in [0.1, 0.15) is 0 Å². The SMILES string of the molecule is CN(CCOc1ncccc1N)C(=O)n1ccc2ccccc21. The molecule has 118 valence electrons. The number of anilines is 1. The molecule has 0 fully saturated rings. The first kappa shape index (κ1) is 14.9. The van der Waals surface area contributed by atoms with Gasteiger partial charge in [-0.25, -0.2) is 9.78 Å².